The van der Waals surface area contributed by atoms with Gasteiger partial charge < -0.3 is 10.6 Å². The van der Waals surface area contributed by atoms with Crippen molar-refractivity contribution in [2.75, 3.05) is 10.6 Å². The van der Waals surface area contributed by atoms with Crippen LogP contribution in [0.2, 0.25) is 0 Å². The lowest BCUT2D eigenvalue weighted by atomic mass is 9.94. The summed E-state index contributed by atoms with van der Waals surface area (Å²) in [6.45, 7) is 15.3. The van der Waals surface area contributed by atoms with Crippen LogP contribution in [-0.4, -0.2) is 59.9 Å². The Morgan fingerprint density at radius 3 is 1.79 bits per heavy atom. The smallest absolute Gasteiger partial charge is 0.224 e. The third-order valence-corrected chi connectivity index (χ3v) is 10.7. The van der Waals surface area contributed by atoms with Crippen molar-refractivity contribution in [1.82, 2.24) is 59.9 Å². The molecule has 19 heteroatoms. The number of rotatable bonds is 12. The summed E-state index contributed by atoms with van der Waals surface area (Å²) in [5.74, 6) is 0.615. The van der Waals surface area contributed by atoms with Gasteiger partial charge in [0.15, 0.2) is 0 Å². The maximum absolute atomic E-state index is 14.4. The first-order chi connectivity index (χ1) is 29.8. The van der Waals surface area contributed by atoms with E-state index in [1.54, 1.807) is 30.9 Å². The predicted molar refractivity (Wildman–Crippen MR) is 252 cm³/mol. The molecule has 0 spiro atoms. The lowest BCUT2D eigenvalue weighted by Gasteiger charge is -2.18. The summed E-state index contributed by atoms with van der Waals surface area (Å²) in [6, 6.07) is 17.8. The van der Waals surface area contributed by atoms with Crippen LogP contribution in [0.1, 0.15) is 77.5 Å². The Morgan fingerprint density at radius 1 is 0.758 bits per heavy atom. The van der Waals surface area contributed by atoms with E-state index >= 15 is 0 Å². The molecule has 0 fully saturated rings. The fourth-order valence-electron chi connectivity index (χ4n) is 6.13. The molecule has 0 atom stereocenters. The number of nitrogens with one attached hydrogen (secondary N) is 5. The van der Waals surface area contributed by atoms with Gasteiger partial charge in [0.25, 0.3) is 0 Å². The van der Waals surface area contributed by atoms with Crippen molar-refractivity contribution in [3.8, 4) is 22.3 Å². The summed E-state index contributed by atoms with van der Waals surface area (Å²) >= 11 is 8.54. The first-order valence-electron chi connectivity index (χ1n) is 19.8. The maximum atomic E-state index is 14.4. The van der Waals surface area contributed by atoms with Gasteiger partial charge in [0.2, 0.25) is 21.8 Å². The van der Waals surface area contributed by atoms with Gasteiger partial charge in [-0.2, -0.15) is 20.2 Å². The molecule has 0 unspecified atom stereocenters. The normalized spacial score (nSPS) is 11.0. The Labute approximate surface area is 381 Å². The summed E-state index contributed by atoms with van der Waals surface area (Å²) in [5, 5.41) is 29.3. The number of hydrogen-bond donors (Lipinski definition) is 5. The largest absolute Gasteiger partial charge is 0.324 e. The molecule has 14 nitrogen and oxygen atoms in total. The number of anilines is 4. The van der Waals surface area contributed by atoms with E-state index in [1.165, 1.54) is 30.0 Å². The Bertz CT molecular complexity index is 2730. The molecule has 0 bridgehead atoms. The topological polar surface area (TPSA) is 172 Å². The monoisotopic (exact) mass is 988 g/mol. The number of benzene rings is 2. The minimum Gasteiger partial charge on any atom is -0.324 e. The van der Waals surface area contributed by atoms with Gasteiger partial charge in [-0.25, -0.2) is 13.9 Å². The van der Waals surface area contributed by atoms with Crippen LogP contribution >= 0.6 is 46.6 Å². The van der Waals surface area contributed by atoms with E-state index in [2.05, 4.69) is 105 Å². The van der Waals surface area contributed by atoms with Crippen molar-refractivity contribution >= 4 is 69.8 Å². The molecule has 6 heterocycles. The van der Waals surface area contributed by atoms with Gasteiger partial charge in [-0.1, -0.05) is 39.8 Å². The lowest BCUT2D eigenvalue weighted by Crippen LogP contribution is -2.03. The number of halogens is 3. The molecule has 322 valence electrons. The number of nitrogens with zero attached hydrogens (tertiary/aromatic N) is 9. The van der Waals surface area contributed by atoms with Gasteiger partial charge >= 0.3 is 0 Å². The van der Waals surface area contributed by atoms with Gasteiger partial charge in [0.05, 0.1) is 11.4 Å². The predicted octanol–water partition coefficient (Wildman–Crippen LogP) is 11.8. The molecule has 5 N–H and O–H groups in total. The Balaban J connectivity index is 0.000000181. The molecular formula is C43H47F2IN14S2. The van der Waals surface area contributed by atoms with E-state index in [-0.39, 0.29) is 29.5 Å². The zero-order valence-corrected chi connectivity index (χ0v) is 38.9. The molecule has 2 aromatic carbocycles. The highest BCUT2D eigenvalue weighted by Gasteiger charge is 2.19. The molecule has 62 heavy (non-hydrogen) atoms. The van der Waals surface area contributed by atoms with Crippen LogP contribution in [0, 0.1) is 20.1 Å². The van der Waals surface area contributed by atoms with Crippen molar-refractivity contribution in [1.29, 1.82) is 0 Å². The zero-order chi connectivity index (χ0) is 44.3. The standard InChI is InChI=1S/C22H24FN7S.C16H16FN5S.C5H7IN2/c1-13(2)17-10-16(23)11-18(15-6-5-8-24-12-15)20(17)25-21-26-22(28-27-21)31-19-7-9-30(29-19)14(3)4;1-9(2)12-6-11(17)7-13(10-4-3-5-18-8-10)14(12)19-15-20-16(23)22-21-15;1-2-8-4-3-5(6)7-8/h5-14H,1-4H3,(H2,25,26,27,28);3-9H,1-2H3,(H3,19,20,21,22,23);3-4H,2H2,1H3. The number of H-pyrrole nitrogens is 3. The molecule has 0 saturated carbocycles. The highest BCUT2D eigenvalue weighted by atomic mass is 127. The SMILES string of the molecule is CC(C)c1cc(F)cc(-c2cccnc2)c1Nc1nc(=S)[nH][nH]1.CC(C)c1cc(F)cc(-c2cccnc2)c1Nc1nc(Sc2ccn(C(C)C)n2)n[nH]1.CCn1ccc(I)n1. The van der Waals surface area contributed by atoms with Crippen LogP contribution in [0.3, 0.4) is 0 Å². The summed E-state index contributed by atoms with van der Waals surface area (Å²) in [6.07, 6.45) is 10.7. The molecule has 8 rings (SSSR count). The quantitative estimate of drug-likeness (QED) is 0.0583. The van der Waals surface area contributed by atoms with Crippen LogP contribution in [0.5, 0.6) is 0 Å². The van der Waals surface area contributed by atoms with Crippen molar-refractivity contribution in [2.24, 2.45) is 0 Å². The van der Waals surface area contributed by atoms with E-state index in [1.807, 2.05) is 85.9 Å². The molecule has 0 aliphatic rings. The van der Waals surface area contributed by atoms with E-state index in [4.69, 9.17) is 12.2 Å². The van der Waals surface area contributed by atoms with Crippen molar-refractivity contribution in [3.05, 3.63) is 129 Å². The first kappa shape index (κ1) is 45.7. The van der Waals surface area contributed by atoms with Crippen molar-refractivity contribution in [2.45, 2.75) is 83.1 Å². The fraction of sp³-hybridized carbons (Fsp3) is 0.256. The van der Waals surface area contributed by atoms with Gasteiger partial charge in [0, 0.05) is 72.0 Å². The highest BCUT2D eigenvalue weighted by molar-refractivity contribution is 14.1. The summed E-state index contributed by atoms with van der Waals surface area (Å²) in [7, 11) is 0. The Hall–Kier alpha value is -5.80. The van der Waals surface area contributed by atoms with Crippen LogP contribution < -0.4 is 10.6 Å². The number of aromatic amines is 3. The van der Waals surface area contributed by atoms with Crippen molar-refractivity contribution in [3.63, 3.8) is 0 Å². The molecule has 6 aromatic heterocycles. The summed E-state index contributed by atoms with van der Waals surface area (Å²) in [4.78, 5) is 17.0. The van der Waals surface area contributed by atoms with Gasteiger partial charge in [0.1, 0.15) is 20.4 Å². The summed E-state index contributed by atoms with van der Waals surface area (Å²) in [5.41, 5.74) is 6.35. The summed E-state index contributed by atoms with van der Waals surface area (Å²) < 4.78 is 33.7. The second kappa shape index (κ2) is 21.3. The van der Waals surface area contributed by atoms with Crippen LogP contribution in [-0.2, 0) is 6.54 Å². The average Bonchev–Trinajstić information content (AvgIpc) is 4.09. The van der Waals surface area contributed by atoms with E-state index in [0.717, 1.165) is 60.0 Å². The second-order valence-electron chi connectivity index (χ2n) is 14.7. The average molecular weight is 989 g/mol. The fourth-order valence-corrected chi connectivity index (χ4v) is 7.39. The van der Waals surface area contributed by atoms with Crippen LogP contribution in [0.15, 0.2) is 108 Å². The third-order valence-electron chi connectivity index (χ3n) is 9.15. The minimum absolute atomic E-state index is 0.102. The molecule has 0 aliphatic carbocycles. The number of pyridine rings is 2. The zero-order valence-electron chi connectivity index (χ0n) is 35.2. The first-order valence-corrected chi connectivity index (χ1v) is 22.1. The van der Waals surface area contributed by atoms with E-state index in [9.17, 15) is 8.78 Å². The number of aryl methyl sites for hydroxylation is 1. The van der Waals surface area contributed by atoms with Crippen LogP contribution in [0.4, 0.5) is 32.1 Å². The minimum atomic E-state index is -0.289. The molecular weight excluding hydrogens is 942 g/mol. The Morgan fingerprint density at radius 2 is 1.35 bits per heavy atom. The second-order valence-corrected chi connectivity index (χ2v) is 17.2. The van der Waals surface area contributed by atoms with Gasteiger partial charge in [-0.15, -0.1) is 5.10 Å². The highest BCUT2D eigenvalue weighted by Crippen LogP contribution is 2.38. The van der Waals surface area contributed by atoms with Gasteiger partial charge in [-0.05, 0) is 139 Å². The molecule has 8 aromatic rings. The third kappa shape index (κ3) is 12.2. The van der Waals surface area contributed by atoms with Crippen LogP contribution in [0.25, 0.3) is 22.3 Å². The lowest BCUT2D eigenvalue weighted by molar-refractivity contribution is 0.522. The molecule has 0 saturated heterocycles. The van der Waals surface area contributed by atoms with E-state index < -0.39 is 0 Å². The Kier molecular flexibility index (Phi) is 15.7. The number of aromatic nitrogens is 12. The molecule has 0 aliphatic heterocycles. The maximum Gasteiger partial charge on any atom is 0.224 e. The van der Waals surface area contributed by atoms with E-state index in [0.29, 0.717) is 21.8 Å². The van der Waals surface area contributed by atoms with Crippen molar-refractivity contribution < 1.29 is 8.78 Å². The molecule has 0 radical (unpaired) electrons. The van der Waals surface area contributed by atoms with Gasteiger partial charge in [-0.3, -0.25) is 29.5 Å². The number of hydrogen-bond acceptors (Lipinski definition) is 11. The molecule has 0 amide bonds.